The van der Waals surface area contributed by atoms with Gasteiger partial charge in [-0.05, 0) is 91.5 Å². The van der Waals surface area contributed by atoms with Crippen LogP contribution in [0.25, 0.3) is 0 Å². The molecule has 4 aliphatic rings. The molecule has 1 spiro atoms. The largest absolute Gasteiger partial charge is 0.497 e. The van der Waals surface area contributed by atoms with Crippen LogP contribution in [-0.4, -0.2) is 31.4 Å². The first kappa shape index (κ1) is 26.7. The molecule has 0 radical (unpaired) electrons. The maximum Gasteiger partial charge on any atom is 0.306 e. The second-order valence-corrected chi connectivity index (χ2v) is 13.1. The van der Waals surface area contributed by atoms with E-state index in [-0.39, 0.29) is 46.2 Å². The molecule has 1 aromatic rings. The first-order chi connectivity index (χ1) is 17.9. The number of hydrogen-bond acceptors (Lipinski definition) is 5. The maximum atomic E-state index is 13.6. The fraction of sp³-hybridized carbons (Fsp3) is 0.594. The Hall–Kier alpha value is -2.89. The second-order valence-electron chi connectivity index (χ2n) is 13.1. The lowest BCUT2D eigenvalue weighted by molar-refractivity contribution is -0.191. The molecule has 38 heavy (non-hydrogen) atoms. The average molecular weight is 520 g/mol. The Morgan fingerprint density at radius 3 is 2.39 bits per heavy atom. The van der Waals surface area contributed by atoms with Crippen LogP contribution < -0.4 is 10.1 Å². The van der Waals surface area contributed by atoms with Gasteiger partial charge in [-0.3, -0.25) is 14.4 Å². The highest BCUT2D eigenvalue weighted by Crippen LogP contribution is 2.72. The third kappa shape index (κ3) is 3.85. The van der Waals surface area contributed by atoms with Gasteiger partial charge < -0.3 is 14.8 Å². The lowest BCUT2D eigenvalue weighted by Gasteiger charge is -2.67. The monoisotopic (exact) mass is 519 g/mol. The minimum absolute atomic E-state index is 0.0132. The zero-order valence-electron chi connectivity index (χ0n) is 23.6. The number of carbonyl (C=O) groups is 3. The molecule has 0 aromatic heterocycles. The molecular weight excluding hydrogens is 478 g/mol. The van der Waals surface area contributed by atoms with Crippen LogP contribution in [0.1, 0.15) is 66.7 Å². The van der Waals surface area contributed by atoms with Crippen LogP contribution in [0, 0.1) is 39.4 Å². The minimum atomic E-state index is -0.473. The lowest BCUT2D eigenvalue weighted by Crippen LogP contribution is -2.65. The molecule has 0 bridgehead atoms. The molecule has 1 N–H and O–H groups in total. The predicted molar refractivity (Wildman–Crippen MR) is 146 cm³/mol. The quantitative estimate of drug-likeness (QED) is 0.382. The predicted octanol–water partition coefficient (Wildman–Crippen LogP) is 6.13. The molecule has 3 aliphatic carbocycles. The van der Waals surface area contributed by atoms with Gasteiger partial charge in [0.05, 0.1) is 20.1 Å². The van der Waals surface area contributed by atoms with Gasteiger partial charge in [-0.15, -0.1) is 0 Å². The van der Waals surface area contributed by atoms with Gasteiger partial charge in [-0.2, -0.15) is 0 Å². The van der Waals surface area contributed by atoms with Crippen molar-refractivity contribution in [3.63, 3.8) is 0 Å². The molecule has 3 fully saturated rings. The van der Waals surface area contributed by atoms with Crippen LogP contribution in [0.4, 0.5) is 5.69 Å². The number of ketones is 1. The van der Waals surface area contributed by atoms with E-state index in [1.807, 2.05) is 37.3 Å². The highest BCUT2D eigenvalue weighted by molar-refractivity contribution is 6.03. The molecule has 1 saturated heterocycles. The van der Waals surface area contributed by atoms with E-state index in [1.165, 1.54) is 0 Å². The van der Waals surface area contributed by atoms with Gasteiger partial charge in [0.25, 0.3) is 5.91 Å². The summed E-state index contributed by atoms with van der Waals surface area (Å²) in [6, 6.07) is 7.26. The summed E-state index contributed by atoms with van der Waals surface area (Å²) >= 11 is 0. The van der Waals surface area contributed by atoms with Crippen molar-refractivity contribution in [1.29, 1.82) is 0 Å². The lowest BCUT2D eigenvalue weighted by atomic mass is 9.35. The van der Waals surface area contributed by atoms with E-state index in [0.29, 0.717) is 24.3 Å². The Morgan fingerprint density at radius 1 is 1.05 bits per heavy atom. The normalized spacial score (nSPS) is 37.8. The van der Waals surface area contributed by atoms with Crippen molar-refractivity contribution in [2.45, 2.75) is 66.7 Å². The zero-order valence-corrected chi connectivity index (χ0v) is 23.6. The summed E-state index contributed by atoms with van der Waals surface area (Å²) in [5.74, 6) is 1.05. The van der Waals surface area contributed by atoms with Crippen molar-refractivity contribution in [1.82, 2.24) is 0 Å². The second kappa shape index (κ2) is 9.10. The number of nitrogens with one attached hydrogen (secondary N) is 1. The number of fused-ring (bicyclic) bond motifs is 4. The van der Waals surface area contributed by atoms with Crippen LogP contribution in [0.15, 0.2) is 48.1 Å². The van der Waals surface area contributed by atoms with Crippen molar-refractivity contribution in [3.05, 3.63) is 48.1 Å². The Morgan fingerprint density at radius 2 is 1.76 bits per heavy atom. The molecule has 6 atom stereocenters. The van der Waals surface area contributed by atoms with Gasteiger partial charge in [0.1, 0.15) is 5.75 Å². The number of methoxy groups -OCH3 is 1. The molecule has 204 valence electrons. The molecule has 1 heterocycles. The number of esters is 1. The third-order valence-electron chi connectivity index (χ3n) is 11.0. The number of benzene rings is 1. The van der Waals surface area contributed by atoms with Gasteiger partial charge >= 0.3 is 5.97 Å². The number of cyclic esters (lactones) is 1. The van der Waals surface area contributed by atoms with Gasteiger partial charge in [0.15, 0.2) is 5.78 Å². The number of ether oxygens (including phenoxy) is 2. The van der Waals surface area contributed by atoms with E-state index in [0.717, 1.165) is 31.4 Å². The Balaban J connectivity index is 1.48. The van der Waals surface area contributed by atoms with E-state index in [9.17, 15) is 14.4 Å². The fourth-order valence-electron chi connectivity index (χ4n) is 8.86. The van der Waals surface area contributed by atoms with Gasteiger partial charge in [0, 0.05) is 22.1 Å². The number of hydrogen-bond donors (Lipinski definition) is 1. The number of anilines is 1. The van der Waals surface area contributed by atoms with Crippen LogP contribution in [0.5, 0.6) is 5.75 Å². The highest BCUT2D eigenvalue weighted by atomic mass is 16.5. The summed E-state index contributed by atoms with van der Waals surface area (Å²) in [7, 11) is 1.61. The van der Waals surface area contributed by atoms with Crippen molar-refractivity contribution in [2.75, 3.05) is 19.0 Å². The summed E-state index contributed by atoms with van der Waals surface area (Å²) in [6.07, 6.45) is 9.92. The van der Waals surface area contributed by atoms with E-state index in [4.69, 9.17) is 9.47 Å². The van der Waals surface area contributed by atoms with Crippen molar-refractivity contribution >= 4 is 23.3 Å². The molecule has 1 aliphatic heterocycles. The first-order valence-corrected chi connectivity index (χ1v) is 13.9. The van der Waals surface area contributed by atoms with Crippen molar-refractivity contribution in [2.24, 2.45) is 39.4 Å². The smallest absolute Gasteiger partial charge is 0.306 e. The topological polar surface area (TPSA) is 81.7 Å². The maximum absolute atomic E-state index is 13.6. The highest BCUT2D eigenvalue weighted by Gasteiger charge is 2.70. The van der Waals surface area contributed by atoms with Gasteiger partial charge in [-0.1, -0.05) is 39.8 Å². The first-order valence-electron chi connectivity index (χ1n) is 13.9. The molecule has 1 aromatic carbocycles. The third-order valence-corrected chi connectivity index (χ3v) is 11.0. The summed E-state index contributed by atoms with van der Waals surface area (Å²) in [5, 5.41) is 2.98. The van der Waals surface area contributed by atoms with Crippen LogP contribution in [0.2, 0.25) is 0 Å². The molecule has 1 amide bonds. The van der Waals surface area contributed by atoms with Crippen molar-refractivity contribution < 1.29 is 23.9 Å². The number of carbonyl (C=O) groups excluding carboxylic acids is 3. The molecule has 2 saturated carbocycles. The molecule has 5 rings (SSSR count). The van der Waals surface area contributed by atoms with E-state index < -0.39 is 10.8 Å². The number of amides is 1. The summed E-state index contributed by atoms with van der Waals surface area (Å²) in [5.41, 5.74) is 0.114. The van der Waals surface area contributed by atoms with Gasteiger partial charge in [0.2, 0.25) is 0 Å². The average Bonchev–Trinajstić information content (AvgIpc) is 3.27. The Bertz CT molecular complexity index is 1210. The minimum Gasteiger partial charge on any atom is -0.497 e. The summed E-state index contributed by atoms with van der Waals surface area (Å²) < 4.78 is 10.9. The number of allylic oxidation sites excluding steroid dienone is 3. The van der Waals surface area contributed by atoms with E-state index >= 15 is 0 Å². The van der Waals surface area contributed by atoms with E-state index in [2.05, 4.69) is 45.2 Å². The van der Waals surface area contributed by atoms with Crippen LogP contribution in [0.3, 0.4) is 0 Å². The van der Waals surface area contributed by atoms with Crippen LogP contribution in [-0.2, 0) is 19.1 Å². The zero-order chi connectivity index (χ0) is 27.5. The van der Waals surface area contributed by atoms with Gasteiger partial charge in [-0.25, -0.2) is 0 Å². The number of rotatable bonds is 4. The molecular formula is C32H41NO5. The van der Waals surface area contributed by atoms with Crippen molar-refractivity contribution in [3.8, 4) is 5.75 Å². The molecule has 6 heteroatoms. The van der Waals surface area contributed by atoms with Crippen LogP contribution >= 0.6 is 0 Å². The SMILES string of the molecule is COc1ccc(NC(=O)/C(C)=C/[C@H]2CC[C@@H]3[C@@]4(C)C(=O)C=CC(C)(C)C4CC[C@@]3(C)[C@@]23COC(=O)C3)cc1. The summed E-state index contributed by atoms with van der Waals surface area (Å²) in [6.45, 7) is 11.2. The van der Waals surface area contributed by atoms with E-state index in [1.54, 1.807) is 7.11 Å². The Kier molecular flexibility index (Phi) is 6.39. The molecule has 6 nitrogen and oxygen atoms in total. The standard InChI is InChI=1S/C32H41NO5/c1-20(28(36)33-22-8-10-23(37-6)11-9-22)17-21-7-12-25-30(4,32(21)18-27(35)38-19-32)16-13-24-29(2,3)15-14-26(34)31(24,25)5/h8-11,14-15,17,21,24-25H,7,12-13,16,18-19H2,1-6H3,(H,33,36)/b20-17+/t21-,24?,25+,30-,31+,32+/m1/s1. The summed E-state index contributed by atoms with van der Waals surface area (Å²) in [4.78, 5) is 39.5. The fourth-order valence-corrected chi connectivity index (χ4v) is 8.86. The molecule has 1 unspecified atom stereocenters. The Labute approximate surface area is 226 Å².